The summed E-state index contributed by atoms with van der Waals surface area (Å²) in [7, 11) is 1.49. The van der Waals surface area contributed by atoms with E-state index in [1.54, 1.807) is 13.0 Å². The maximum atomic E-state index is 14.7. The highest BCUT2D eigenvalue weighted by molar-refractivity contribution is 5.90. The molecule has 1 unspecified atom stereocenters. The molecule has 1 aromatic heterocycles. The number of carbonyl (C=O) groups is 2. The molecule has 1 N–H and O–H groups in total. The van der Waals surface area contributed by atoms with Crippen molar-refractivity contribution in [2.24, 2.45) is 0 Å². The summed E-state index contributed by atoms with van der Waals surface area (Å²) in [6.45, 7) is 3.50. The molecule has 2 atom stereocenters. The fourth-order valence-electron chi connectivity index (χ4n) is 2.67. The van der Waals surface area contributed by atoms with E-state index in [-0.39, 0.29) is 30.4 Å². The fraction of sp³-hybridized carbons (Fsp3) is 0.438. The average molecular weight is 378 g/mol. The average Bonchev–Trinajstić information content (AvgIpc) is 3.26. The third-order valence-electron chi connectivity index (χ3n) is 4.14. The third kappa shape index (κ3) is 3.87. The number of amides is 2. The van der Waals surface area contributed by atoms with E-state index in [0.29, 0.717) is 5.69 Å². The topological polar surface area (TPSA) is 111 Å². The summed E-state index contributed by atoms with van der Waals surface area (Å²) in [4.78, 5) is 24.3. The molecule has 0 spiro atoms. The maximum Gasteiger partial charge on any atom is 0.414 e. The number of nitrogens with zero attached hydrogens (tertiary/aromatic N) is 5. The van der Waals surface area contributed by atoms with Gasteiger partial charge in [-0.3, -0.25) is 9.69 Å². The van der Waals surface area contributed by atoms with E-state index in [0.717, 1.165) is 0 Å². The van der Waals surface area contributed by atoms with Crippen LogP contribution < -0.4 is 10.2 Å². The standard InChI is InChI=1S/C16H19FN6O4/c1-9(24)18-7-12-8-22(16(25)27-12)11-4-5-13(14(17)6-11)15-19-20-21-23(15)10(2)26-3/h4-6,10,12H,7-8H2,1-3H3,(H,18,24)/t10?,12-/m0/s1. The van der Waals surface area contributed by atoms with Crippen LogP contribution in [0.4, 0.5) is 14.9 Å². The molecular weight excluding hydrogens is 359 g/mol. The first-order valence-electron chi connectivity index (χ1n) is 8.24. The number of cyclic esters (lactones) is 1. The molecule has 1 saturated heterocycles. The molecular formula is C16H19FN6O4. The zero-order valence-corrected chi connectivity index (χ0v) is 15.0. The van der Waals surface area contributed by atoms with Crippen LogP contribution in [0.15, 0.2) is 18.2 Å². The summed E-state index contributed by atoms with van der Waals surface area (Å²) in [6.07, 6.45) is -1.58. The van der Waals surface area contributed by atoms with Crippen molar-refractivity contribution in [1.29, 1.82) is 0 Å². The summed E-state index contributed by atoms with van der Waals surface area (Å²) in [5.41, 5.74) is 0.514. The van der Waals surface area contributed by atoms with Crippen molar-refractivity contribution < 1.29 is 23.5 Å². The van der Waals surface area contributed by atoms with Crippen LogP contribution in [0.1, 0.15) is 20.1 Å². The Balaban J connectivity index is 1.80. The predicted octanol–water partition coefficient (Wildman–Crippen LogP) is 1.11. The Bertz CT molecular complexity index is 857. The van der Waals surface area contributed by atoms with Gasteiger partial charge in [0.25, 0.3) is 0 Å². The fourth-order valence-corrected chi connectivity index (χ4v) is 2.67. The molecule has 0 aliphatic carbocycles. The number of carbonyl (C=O) groups excluding carboxylic acids is 2. The van der Waals surface area contributed by atoms with Crippen LogP contribution >= 0.6 is 0 Å². The number of aromatic nitrogens is 4. The number of methoxy groups -OCH3 is 1. The minimum Gasteiger partial charge on any atom is -0.442 e. The quantitative estimate of drug-likeness (QED) is 0.801. The Labute approximate surface area is 154 Å². The van der Waals surface area contributed by atoms with E-state index in [9.17, 15) is 14.0 Å². The number of anilines is 1. The number of hydrogen-bond acceptors (Lipinski definition) is 7. The number of tetrazole rings is 1. The van der Waals surface area contributed by atoms with Crippen LogP contribution in [-0.2, 0) is 14.3 Å². The van der Waals surface area contributed by atoms with Gasteiger partial charge >= 0.3 is 6.09 Å². The second kappa shape index (κ2) is 7.66. The number of ether oxygens (including phenoxy) is 2. The highest BCUT2D eigenvalue weighted by Gasteiger charge is 2.33. The summed E-state index contributed by atoms with van der Waals surface area (Å²) in [5, 5.41) is 13.8. The molecule has 2 heterocycles. The second-order valence-corrected chi connectivity index (χ2v) is 6.00. The van der Waals surface area contributed by atoms with Gasteiger partial charge in [0.05, 0.1) is 24.3 Å². The SMILES string of the molecule is COC(C)n1nnnc1-c1ccc(N2C[C@H](CNC(C)=O)OC2=O)cc1F. The summed E-state index contributed by atoms with van der Waals surface area (Å²) in [6, 6.07) is 4.29. The number of hydrogen-bond donors (Lipinski definition) is 1. The minimum atomic E-state index is -0.602. The molecule has 144 valence electrons. The monoisotopic (exact) mass is 378 g/mol. The van der Waals surface area contributed by atoms with E-state index < -0.39 is 24.2 Å². The van der Waals surface area contributed by atoms with Crippen molar-refractivity contribution in [3.63, 3.8) is 0 Å². The molecule has 2 aromatic rings. The lowest BCUT2D eigenvalue weighted by molar-refractivity contribution is -0.119. The van der Waals surface area contributed by atoms with Gasteiger partial charge in [0, 0.05) is 14.0 Å². The third-order valence-corrected chi connectivity index (χ3v) is 4.14. The summed E-state index contributed by atoms with van der Waals surface area (Å²) < 4.78 is 26.4. The van der Waals surface area contributed by atoms with Gasteiger partial charge in [-0.15, -0.1) is 5.10 Å². The maximum absolute atomic E-state index is 14.7. The van der Waals surface area contributed by atoms with Gasteiger partial charge in [-0.2, -0.15) is 4.68 Å². The first-order valence-corrected chi connectivity index (χ1v) is 8.24. The first-order chi connectivity index (χ1) is 12.9. The van der Waals surface area contributed by atoms with Crippen molar-refractivity contribution in [2.75, 3.05) is 25.1 Å². The molecule has 0 saturated carbocycles. The molecule has 10 nitrogen and oxygen atoms in total. The molecule has 27 heavy (non-hydrogen) atoms. The lowest BCUT2D eigenvalue weighted by Gasteiger charge is -2.15. The smallest absolute Gasteiger partial charge is 0.414 e. The number of benzene rings is 1. The highest BCUT2D eigenvalue weighted by Crippen LogP contribution is 2.28. The van der Waals surface area contributed by atoms with Gasteiger partial charge in [0.2, 0.25) is 5.91 Å². The summed E-state index contributed by atoms with van der Waals surface area (Å²) in [5.74, 6) is -0.603. The molecule has 0 radical (unpaired) electrons. The molecule has 1 aliphatic heterocycles. The van der Waals surface area contributed by atoms with Crippen molar-refractivity contribution >= 4 is 17.7 Å². The van der Waals surface area contributed by atoms with Gasteiger partial charge in [0.15, 0.2) is 12.1 Å². The van der Waals surface area contributed by atoms with Crippen LogP contribution in [0.2, 0.25) is 0 Å². The van der Waals surface area contributed by atoms with E-state index in [1.165, 1.54) is 35.7 Å². The van der Waals surface area contributed by atoms with E-state index in [4.69, 9.17) is 9.47 Å². The molecule has 11 heteroatoms. The van der Waals surface area contributed by atoms with Gasteiger partial charge in [-0.1, -0.05) is 0 Å². The Morgan fingerprint density at radius 2 is 2.30 bits per heavy atom. The van der Waals surface area contributed by atoms with Crippen LogP contribution in [0.3, 0.4) is 0 Å². The number of rotatable bonds is 6. The Morgan fingerprint density at radius 1 is 1.52 bits per heavy atom. The zero-order valence-electron chi connectivity index (χ0n) is 15.0. The highest BCUT2D eigenvalue weighted by atomic mass is 19.1. The van der Waals surface area contributed by atoms with Crippen LogP contribution in [0.5, 0.6) is 0 Å². The van der Waals surface area contributed by atoms with Gasteiger partial charge in [-0.25, -0.2) is 9.18 Å². The van der Waals surface area contributed by atoms with Crippen LogP contribution in [0.25, 0.3) is 11.4 Å². The minimum absolute atomic E-state index is 0.176. The number of nitrogens with one attached hydrogen (secondary N) is 1. The van der Waals surface area contributed by atoms with Gasteiger partial charge < -0.3 is 14.8 Å². The van der Waals surface area contributed by atoms with Gasteiger partial charge in [-0.05, 0) is 35.5 Å². The molecule has 3 rings (SSSR count). The lowest BCUT2D eigenvalue weighted by atomic mass is 10.1. The molecule has 1 aromatic carbocycles. The number of halogens is 1. The van der Waals surface area contributed by atoms with Crippen LogP contribution in [-0.4, -0.2) is 58.5 Å². The Hall–Kier alpha value is -3.08. The molecule has 1 aliphatic rings. The summed E-state index contributed by atoms with van der Waals surface area (Å²) >= 11 is 0. The largest absolute Gasteiger partial charge is 0.442 e. The van der Waals surface area contributed by atoms with Crippen LogP contribution in [0, 0.1) is 5.82 Å². The molecule has 2 amide bonds. The second-order valence-electron chi connectivity index (χ2n) is 6.00. The van der Waals surface area contributed by atoms with E-state index in [1.807, 2.05) is 0 Å². The normalized spacial score (nSPS) is 17.7. The Kier molecular flexibility index (Phi) is 5.31. The van der Waals surface area contributed by atoms with Crippen molar-refractivity contribution in [3.05, 3.63) is 24.0 Å². The van der Waals surface area contributed by atoms with E-state index >= 15 is 0 Å². The van der Waals surface area contributed by atoms with Gasteiger partial charge in [0.1, 0.15) is 11.9 Å². The first kappa shape index (κ1) is 18.7. The van der Waals surface area contributed by atoms with Crippen molar-refractivity contribution in [3.8, 4) is 11.4 Å². The van der Waals surface area contributed by atoms with Crippen molar-refractivity contribution in [2.45, 2.75) is 26.2 Å². The predicted molar refractivity (Wildman–Crippen MR) is 91.2 cm³/mol. The zero-order chi connectivity index (χ0) is 19.6. The molecule has 1 fully saturated rings. The lowest BCUT2D eigenvalue weighted by Crippen LogP contribution is -2.33. The van der Waals surface area contributed by atoms with E-state index in [2.05, 4.69) is 20.8 Å². The molecule has 0 bridgehead atoms. The Morgan fingerprint density at radius 3 is 2.96 bits per heavy atom. The van der Waals surface area contributed by atoms with Crippen molar-refractivity contribution in [1.82, 2.24) is 25.5 Å².